The Kier molecular flexibility index (Phi) is 4.38. The maximum absolute atomic E-state index is 12.8. The summed E-state index contributed by atoms with van der Waals surface area (Å²) < 4.78 is 38.5. The second-order valence-corrected chi connectivity index (χ2v) is 5.32. The molecule has 5 heteroatoms. The molecule has 0 aromatic heterocycles. The number of anilines is 1. The molecule has 20 heavy (non-hydrogen) atoms. The van der Waals surface area contributed by atoms with Crippen LogP contribution in [0.4, 0.5) is 18.9 Å². The van der Waals surface area contributed by atoms with Gasteiger partial charge in [0.1, 0.15) is 0 Å². The molecule has 0 saturated carbocycles. The number of hydrogen-bond acceptors (Lipinski definition) is 1. The maximum atomic E-state index is 12.8. The number of alkyl halides is 3. The van der Waals surface area contributed by atoms with E-state index >= 15 is 0 Å². The Labute approximate surface area is 123 Å². The van der Waals surface area contributed by atoms with Gasteiger partial charge in [0.25, 0.3) is 0 Å². The Morgan fingerprint density at radius 3 is 2.30 bits per heavy atom. The van der Waals surface area contributed by atoms with E-state index in [0.717, 1.165) is 11.6 Å². The lowest BCUT2D eigenvalue weighted by atomic mass is 10.1. The molecule has 0 fully saturated rings. The molecule has 0 bridgehead atoms. The van der Waals surface area contributed by atoms with Gasteiger partial charge in [-0.3, -0.25) is 0 Å². The number of benzene rings is 2. The Bertz CT molecular complexity index is 581. The first-order valence-corrected chi connectivity index (χ1v) is 6.85. The van der Waals surface area contributed by atoms with E-state index in [1.807, 2.05) is 37.3 Å². The van der Waals surface area contributed by atoms with E-state index in [-0.39, 0.29) is 10.5 Å². The Morgan fingerprint density at radius 2 is 1.70 bits per heavy atom. The van der Waals surface area contributed by atoms with Crippen LogP contribution in [-0.4, -0.2) is 0 Å². The van der Waals surface area contributed by atoms with Crippen LogP contribution in [-0.2, 0) is 6.18 Å². The average Bonchev–Trinajstić information content (AvgIpc) is 2.40. The molecule has 2 aromatic carbocycles. The zero-order valence-electron chi connectivity index (χ0n) is 10.7. The number of nitrogens with one attached hydrogen (secondary N) is 1. The molecular formula is C15H13BrF3N. The highest BCUT2D eigenvalue weighted by molar-refractivity contribution is 9.10. The van der Waals surface area contributed by atoms with Crippen LogP contribution in [0.5, 0.6) is 0 Å². The smallest absolute Gasteiger partial charge is 0.379 e. The van der Waals surface area contributed by atoms with Crippen LogP contribution in [0.2, 0.25) is 0 Å². The lowest BCUT2D eigenvalue weighted by Gasteiger charge is -2.17. The monoisotopic (exact) mass is 343 g/mol. The first kappa shape index (κ1) is 14.9. The third-order valence-electron chi connectivity index (χ3n) is 2.95. The largest absolute Gasteiger partial charge is 0.417 e. The van der Waals surface area contributed by atoms with Gasteiger partial charge in [0.15, 0.2) is 0 Å². The molecular weight excluding hydrogens is 331 g/mol. The van der Waals surface area contributed by atoms with Crippen molar-refractivity contribution in [2.75, 3.05) is 5.32 Å². The molecule has 0 heterocycles. The summed E-state index contributed by atoms with van der Waals surface area (Å²) >= 11 is 2.93. The van der Waals surface area contributed by atoms with Crippen molar-refractivity contribution in [2.45, 2.75) is 19.1 Å². The molecule has 0 saturated heterocycles. The summed E-state index contributed by atoms with van der Waals surface area (Å²) in [5.74, 6) is 0. The maximum Gasteiger partial charge on any atom is 0.417 e. The van der Waals surface area contributed by atoms with Crippen LogP contribution in [0.3, 0.4) is 0 Å². The van der Waals surface area contributed by atoms with Crippen molar-refractivity contribution in [3.8, 4) is 0 Å². The zero-order valence-corrected chi connectivity index (χ0v) is 12.3. The predicted octanol–water partition coefficient (Wildman–Crippen LogP) is 5.64. The number of halogens is 4. The summed E-state index contributed by atoms with van der Waals surface area (Å²) in [6.45, 7) is 1.91. The normalized spacial score (nSPS) is 13.1. The van der Waals surface area contributed by atoms with E-state index in [9.17, 15) is 13.2 Å². The van der Waals surface area contributed by atoms with Crippen LogP contribution >= 0.6 is 15.9 Å². The average molecular weight is 344 g/mol. The van der Waals surface area contributed by atoms with Crippen molar-refractivity contribution < 1.29 is 13.2 Å². The van der Waals surface area contributed by atoms with Gasteiger partial charge in [-0.1, -0.05) is 46.3 Å². The summed E-state index contributed by atoms with van der Waals surface area (Å²) in [6.07, 6.45) is -4.37. The third-order valence-corrected chi connectivity index (χ3v) is 3.65. The summed E-state index contributed by atoms with van der Waals surface area (Å²) in [4.78, 5) is 0. The summed E-state index contributed by atoms with van der Waals surface area (Å²) in [5, 5.41) is 3.08. The second kappa shape index (κ2) is 5.87. The van der Waals surface area contributed by atoms with E-state index < -0.39 is 11.7 Å². The van der Waals surface area contributed by atoms with Gasteiger partial charge in [-0.15, -0.1) is 0 Å². The fourth-order valence-corrected chi connectivity index (χ4v) is 2.38. The van der Waals surface area contributed by atoms with Gasteiger partial charge >= 0.3 is 6.18 Å². The lowest BCUT2D eigenvalue weighted by Crippen LogP contribution is -2.10. The predicted molar refractivity (Wildman–Crippen MR) is 77.6 cm³/mol. The topological polar surface area (TPSA) is 12.0 Å². The molecule has 0 aliphatic carbocycles. The fourth-order valence-electron chi connectivity index (χ4n) is 1.91. The summed E-state index contributed by atoms with van der Waals surface area (Å²) in [5.41, 5.74) is 0.781. The van der Waals surface area contributed by atoms with Gasteiger partial charge in [0.2, 0.25) is 0 Å². The molecule has 106 valence electrons. The van der Waals surface area contributed by atoms with Crippen LogP contribution in [0.15, 0.2) is 53.0 Å². The van der Waals surface area contributed by atoms with E-state index in [1.165, 1.54) is 6.07 Å². The van der Waals surface area contributed by atoms with Crippen molar-refractivity contribution in [1.82, 2.24) is 0 Å². The van der Waals surface area contributed by atoms with Crippen LogP contribution in [0, 0.1) is 0 Å². The van der Waals surface area contributed by atoms with Crippen molar-refractivity contribution >= 4 is 21.6 Å². The molecule has 0 amide bonds. The molecule has 1 unspecified atom stereocenters. The second-order valence-electron chi connectivity index (χ2n) is 4.47. The van der Waals surface area contributed by atoms with E-state index in [1.54, 1.807) is 6.07 Å². The van der Waals surface area contributed by atoms with Crippen LogP contribution in [0.25, 0.3) is 0 Å². The first-order chi connectivity index (χ1) is 9.38. The van der Waals surface area contributed by atoms with Crippen LogP contribution in [0.1, 0.15) is 24.1 Å². The number of rotatable bonds is 3. The van der Waals surface area contributed by atoms with E-state index in [0.29, 0.717) is 5.69 Å². The van der Waals surface area contributed by atoms with Crippen molar-refractivity contribution in [3.63, 3.8) is 0 Å². The molecule has 2 aromatic rings. The lowest BCUT2D eigenvalue weighted by molar-refractivity contribution is -0.138. The molecule has 1 N–H and O–H groups in total. The minimum atomic E-state index is -4.37. The zero-order chi connectivity index (χ0) is 14.8. The fraction of sp³-hybridized carbons (Fsp3) is 0.200. The van der Waals surface area contributed by atoms with Gasteiger partial charge in [-0.05, 0) is 30.7 Å². The summed E-state index contributed by atoms with van der Waals surface area (Å²) in [6, 6.07) is 13.6. The molecule has 0 aliphatic rings. The summed E-state index contributed by atoms with van der Waals surface area (Å²) in [7, 11) is 0. The highest BCUT2D eigenvalue weighted by atomic mass is 79.9. The molecule has 1 nitrogen and oxygen atoms in total. The Hall–Kier alpha value is -1.49. The molecule has 0 radical (unpaired) electrons. The highest BCUT2D eigenvalue weighted by Gasteiger charge is 2.33. The highest BCUT2D eigenvalue weighted by Crippen LogP contribution is 2.36. The standard InChI is InChI=1S/C15H13BrF3N/c1-10(11-5-3-2-4-6-11)20-12-7-8-14(16)13(9-12)15(17,18)19/h2-10,20H,1H3. The van der Waals surface area contributed by atoms with Gasteiger partial charge < -0.3 is 5.32 Å². The third kappa shape index (κ3) is 3.54. The SMILES string of the molecule is CC(Nc1ccc(Br)c(C(F)(F)F)c1)c1ccccc1. The Balaban J connectivity index is 2.22. The first-order valence-electron chi connectivity index (χ1n) is 6.06. The van der Waals surface area contributed by atoms with Gasteiger partial charge in [0.05, 0.1) is 5.56 Å². The molecule has 0 spiro atoms. The van der Waals surface area contributed by atoms with Gasteiger partial charge in [-0.2, -0.15) is 13.2 Å². The molecule has 0 aliphatic heterocycles. The Morgan fingerprint density at radius 1 is 1.05 bits per heavy atom. The van der Waals surface area contributed by atoms with Crippen molar-refractivity contribution in [2.24, 2.45) is 0 Å². The van der Waals surface area contributed by atoms with Crippen LogP contribution < -0.4 is 5.32 Å². The minimum Gasteiger partial charge on any atom is -0.379 e. The quantitative estimate of drug-likeness (QED) is 0.760. The van der Waals surface area contributed by atoms with Crippen molar-refractivity contribution in [3.05, 3.63) is 64.1 Å². The molecule has 2 rings (SSSR count). The number of hydrogen-bond donors (Lipinski definition) is 1. The molecule has 1 atom stereocenters. The van der Waals surface area contributed by atoms with E-state index in [4.69, 9.17) is 0 Å². The minimum absolute atomic E-state index is 0.0444. The van der Waals surface area contributed by atoms with E-state index in [2.05, 4.69) is 21.2 Å². The van der Waals surface area contributed by atoms with Crippen molar-refractivity contribution in [1.29, 1.82) is 0 Å². The van der Waals surface area contributed by atoms with Gasteiger partial charge in [0, 0.05) is 16.2 Å². The van der Waals surface area contributed by atoms with Gasteiger partial charge in [-0.25, -0.2) is 0 Å².